The van der Waals surface area contributed by atoms with Crippen LogP contribution < -0.4 is 10.9 Å². The normalized spacial score (nSPS) is 11.5. The van der Waals surface area contributed by atoms with E-state index < -0.39 is 23.2 Å². The first-order valence-corrected chi connectivity index (χ1v) is 10.2. The molecule has 0 aliphatic rings. The average Bonchev–Trinajstić information content (AvgIpc) is 2.82. The van der Waals surface area contributed by atoms with E-state index in [9.17, 15) is 22.8 Å². The third kappa shape index (κ3) is 5.08. The number of pyridine rings is 1. The lowest BCUT2D eigenvalue weighted by Crippen LogP contribution is -2.35. The van der Waals surface area contributed by atoms with Crippen LogP contribution in [-0.4, -0.2) is 20.4 Å². The zero-order valence-electron chi connectivity index (χ0n) is 17.3. The van der Waals surface area contributed by atoms with E-state index >= 15 is 0 Å². The molecule has 0 bridgehead atoms. The predicted octanol–water partition coefficient (Wildman–Crippen LogP) is 3.98. The van der Waals surface area contributed by atoms with Gasteiger partial charge in [-0.2, -0.15) is 13.2 Å². The number of alkyl halides is 3. The number of fused-ring (bicyclic) bond motifs is 1. The lowest BCUT2D eigenvalue weighted by atomic mass is 10.1. The second-order valence-corrected chi connectivity index (χ2v) is 7.38. The van der Waals surface area contributed by atoms with Gasteiger partial charge in [-0.3, -0.25) is 14.2 Å². The van der Waals surface area contributed by atoms with Crippen molar-refractivity contribution in [1.82, 2.24) is 19.9 Å². The topological polar surface area (TPSA) is 76.9 Å². The molecule has 9 heteroatoms. The molecule has 4 rings (SSSR count). The third-order valence-corrected chi connectivity index (χ3v) is 5.12. The highest BCUT2D eigenvalue weighted by atomic mass is 19.4. The smallest absolute Gasteiger partial charge is 0.346 e. The summed E-state index contributed by atoms with van der Waals surface area (Å²) >= 11 is 0. The van der Waals surface area contributed by atoms with Crippen LogP contribution in [0.5, 0.6) is 0 Å². The van der Waals surface area contributed by atoms with Crippen LogP contribution in [0, 0.1) is 0 Å². The minimum Gasteiger partial charge on any atom is -0.346 e. The van der Waals surface area contributed by atoms with Gasteiger partial charge in [-0.25, -0.2) is 9.97 Å². The zero-order valence-corrected chi connectivity index (χ0v) is 17.3. The molecule has 0 radical (unpaired) electrons. The second kappa shape index (κ2) is 9.23. The van der Waals surface area contributed by atoms with Crippen molar-refractivity contribution in [2.75, 3.05) is 0 Å². The number of carbonyl (C=O) groups excluding carboxylic acids is 1. The van der Waals surface area contributed by atoms with Crippen LogP contribution >= 0.6 is 0 Å². The maximum Gasteiger partial charge on any atom is 0.416 e. The Morgan fingerprint density at radius 1 is 0.939 bits per heavy atom. The van der Waals surface area contributed by atoms with Gasteiger partial charge in [0.1, 0.15) is 5.52 Å². The van der Waals surface area contributed by atoms with Crippen LogP contribution in [0.2, 0.25) is 0 Å². The van der Waals surface area contributed by atoms with Crippen LogP contribution in [0.3, 0.4) is 0 Å². The Hall–Kier alpha value is -4.01. The van der Waals surface area contributed by atoms with Crippen molar-refractivity contribution in [2.45, 2.75) is 25.7 Å². The van der Waals surface area contributed by atoms with Crippen molar-refractivity contribution in [3.05, 3.63) is 106 Å². The summed E-state index contributed by atoms with van der Waals surface area (Å²) in [6.45, 7) is 0.255. The van der Waals surface area contributed by atoms with Gasteiger partial charge in [0.25, 0.3) is 11.5 Å². The Morgan fingerprint density at radius 3 is 2.36 bits per heavy atom. The number of rotatable bonds is 6. The highest BCUT2D eigenvalue weighted by molar-refractivity contribution is 5.93. The van der Waals surface area contributed by atoms with Gasteiger partial charge in [-0.1, -0.05) is 42.5 Å². The number of hydrogen-bond acceptors (Lipinski definition) is 4. The highest BCUT2D eigenvalue weighted by Gasteiger charge is 2.30. The summed E-state index contributed by atoms with van der Waals surface area (Å²) in [6, 6.07) is 17.4. The van der Waals surface area contributed by atoms with Crippen molar-refractivity contribution in [2.24, 2.45) is 0 Å². The van der Waals surface area contributed by atoms with Crippen LogP contribution in [0.15, 0.2) is 77.7 Å². The standard InChI is InChI=1S/C24H19F3N4O2/c25-24(26,27)18-10-8-17(9-11-18)15-29-22(32)20-23(33)31(14-12-16-5-2-1-3-6-16)21-19(30-20)7-4-13-28-21/h1-11,13H,12,14-15H2,(H,29,32). The Morgan fingerprint density at radius 2 is 1.67 bits per heavy atom. The van der Waals surface area contributed by atoms with Crippen LogP contribution in [0.25, 0.3) is 11.2 Å². The maximum absolute atomic E-state index is 13.1. The molecule has 2 aromatic heterocycles. The molecule has 0 saturated carbocycles. The lowest BCUT2D eigenvalue weighted by molar-refractivity contribution is -0.137. The van der Waals surface area contributed by atoms with Crippen LogP contribution in [-0.2, 0) is 25.7 Å². The molecule has 33 heavy (non-hydrogen) atoms. The van der Waals surface area contributed by atoms with Gasteiger partial charge in [0.2, 0.25) is 0 Å². The molecular weight excluding hydrogens is 433 g/mol. The summed E-state index contributed by atoms with van der Waals surface area (Å²) in [7, 11) is 0. The molecule has 1 N–H and O–H groups in total. The number of nitrogens with zero attached hydrogens (tertiary/aromatic N) is 3. The van der Waals surface area contributed by atoms with E-state index in [1.54, 1.807) is 18.3 Å². The van der Waals surface area contributed by atoms with E-state index in [4.69, 9.17) is 0 Å². The zero-order chi connectivity index (χ0) is 23.4. The number of halogens is 3. The number of aromatic nitrogens is 3. The first-order valence-electron chi connectivity index (χ1n) is 10.2. The molecule has 168 valence electrons. The summed E-state index contributed by atoms with van der Waals surface area (Å²) in [5, 5.41) is 2.56. The number of aryl methyl sites for hydroxylation is 2. The van der Waals surface area contributed by atoms with E-state index in [1.165, 1.54) is 16.7 Å². The largest absolute Gasteiger partial charge is 0.416 e. The quantitative estimate of drug-likeness (QED) is 0.480. The molecule has 4 aromatic rings. The first kappa shape index (κ1) is 22.2. The van der Waals surface area contributed by atoms with Crippen molar-refractivity contribution < 1.29 is 18.0 Å². The Labute approximate surface area is 186 Å². The minimum atomic E-state index is -4.43. The van der Waals surface area contributed by atoms with Gasteiger partial charge >= 0.3 is 6.18 Å². The average molecular weight is 452 g/mol. The minimum absolute atomic E-state index is 0.0484. The van der Waals surface area contributed by atoms with Gasteiger partial charge in [-0.15, -0.1) is 0 Å². The summed E-state index contributed by atoms with van der Waals surface area (Å²) in [5.41, 5.74) is 0.601. The van der Waals surface area contributed by atoms with Gasteiger partial charge in [0.05, 0.1) is 5.56 Å². The van der Waals surface area contributed by atoms with Gasteiger partial charge in [-0.05, 0) is 41.8 Å². The molecule has 0 aliphatic carbocycles. The predicted molar refractivity (Wildman–Crippen MR) is 117 cm³/mol. The summed E-state index contributed by atoms with van der Waals surface area (Å²) in [6.07, 6.45) is -2.33. The van der Waals surface area contributed by atoms with Crippen molar-refractivity contribution in [3.8, 4) is 0 Å². The number of hydrogen-bond donors (Lipinski definition) is 1. The molecule has 2 aromatic carbocycles. The maximum atomic E-state index is 13.1. The van der Waals surface area contributed by atoms with Gasteiger partial charge in [0.15, 0.2) is 11.3 Å². The molecular formula is C24H19F3N4O2. The van der Waals surface area contributed by atoms with Crippen molar-refractivity contribution in [1.29, 1.82) is 0 Å². The van der Waals surface area contributed by atoms with E-state index in [2.05, 4.69) is 15.3 Å². The van der Waals surface area contributed by atoms with Crippen molar-refractivity contribution >= 4 is 17.1 Å². The molecule has 0 aliphatic heterocycles. The molecule has 1 amide bonds. The lowest BCUT2D eigenvalue weighted by Gasteiger charge is -2.12. The van der Waals surface area contributed by atoms with Crippen molar-refractivity contribution in [3.63, 3.8) is 0 Å². The molecule has 0 unspecified atom stereocenters. The fourth-order valence-corrected chi connectivity index (χ4v) is 3.39. The highest BCUT2D eigenvalue weighted by Crippen LogP contribution is 2.29. The number of benzene rings is 2. The van der Waals surface area contributed by atoms with Crippen LogP contribution in [0.1, 0.15) is 27.2 Å². The third-order valence-electron chi connectivity index (χ3n) is 5.12. The fraction of sp³-hybridized carbons (Fsp3) is 0.167. The number of carbonyl (C=O) groups is 1. The molecule has 0 spiro atoms. The van der Waals surface area contributed by atoms with Gasteiger partial charge < -0.3 is 5.32 Å². The molecule has 0 saturated heterocycles. The molecule has 0 atom stereocenters. The molecule has 0 fully saturated rings. The number of amides is 1. The molecule has 2 heterocycles. The Kier molecular flexibility index (Phi) is 6.21. The fourth-order valence-electron chi connectivity index (χ4n) is 3.39. The van der Waals surface area contributed by atoms with E-state index in [-0.39, 0.29) is 12.2 Å². The van der Waals surface area contributed by atoms with Crippen LogP contribution in [0.4, 0.5) is 13.2 Å². The van der Waals surface area contributed by atoms with E-state index in [0.717, 1.165) is 17.7 Å². The summed E-state index contributed by atoms with van der Waals surface area (Å²) in [5.74, 6) is -0.709. The summed E-state index contributed by atoms with van der Waals surface area (Å²) < 4.78 is 39.6. The van der Waals surface area contributed by atoms with E-state index in [0.29, 0.717) is 29.7 Å². The first-order chi connectivity index (χ1) is 15.8. The van der Waals surface area contributed by atoms with Gasteiger partial charge in [0, 0.05) is 19.3 Å². The monoisotopic (exact) mass is 452 g/mol. The summed E-state index contributed by atoms with van der Waals surface area (Å²) in [4.78, 5) is 34.3. The second-order valence-electron chi connectivity index (χ2n) is 7.38. The van der Waals surface area contributed by atoms with E-state index in [1.807, 2.05) is 30.3 Å². The number of nitrogens with one attached hydrogen (secondary N) is 1. The SMILES string of the molecule is O=C(NCc1ccc(C(F)(F)F)cc1)c1nc2cccnc2n(CCc2ccccc2)c1=O. The Bertz CT molecular complexity index is 1330. The Balaban J connectivity index is 1.57. The molecule has 6 nitrogen and oxygen atoms in total.